The van der Waals surface area contributed by atoms with Crippen LogP contribution in [0, 0.1) is 6.92 Å². The molecular formula is C13H18N4. The van der Waals surface area contributed by atoms with Crippen molar-refractivity contribution in [3.63, 3.8) is 0 Å². The molecule has 0 aliphatic rings. The highest BCUT2D eigenvalue weighted by Crippen LogP contribution is 2.09. The zero-order valence-corrected chi connectivity index (χ0v) is 10.5. The van der Waals surface area contributed by atoms with Gasteiger partial charge in [0.05, 0.1) is 17.1 Å². The van der Waals surface area contributed by atoms with E-state index in [-0.39, 0.29) is 6.04 Å². The number of aryl methyl sites for hydroxylation is 2. The van der Waals surface area contributed by atoms with Crippen molar-refractivity contribution in [2.45, 2.75) is 26.4 Å². The summed E-state index contributed by atoms with van der Waals surface area (Å²) in [4.78, 5) is 4.33. The van der Waals surface area contributed by atoms with Crippen molar-refractivity contribution < 1.29 is 0 Å². The molecule has 0 aromatic carbocycles. The molecule has 2 aromatic rings. The Balaban J connectivity index is 1.97. The van der Waals surface area contributed by atoms with E-state index in [1.807, 2.05) is 43.0 Å². The summed E-state index contributed by atoms with van der Waals surface area (Å²) in [6.07, 6.45) is 1.82. The fourth-order valence-electron chi connectivity index (χ4n) is 1.82. The van der Waals surface area contributed by atoms with Crippen LogP contribution < -0.4 is 5.32 Å². The minimum atomic E-state index is 0.242. The Labute approximate surface area is 102 Å². The molecule has 0 fully saturated rings. The van der Waals surface area contributed by atoms with Gasteiger partial charge in [-0.15, -0.1) is 0 Å². The first-order valence-corrected chi connectivity index (χ1v) is 5.80. The topological polar surface area (TPSA) is 42.7 Å². The summed E-state index contributed by atoms with van der Waals surface area (Å²) in [5, 5.41) is 7.77. The number of pyridine rings is 1. The number of hydrogen-bond donors (Lipinski definition) is 1. The largest absolute Gasteiger partial charge is 0.303 e. The first kappa shape index (κ1) is 11.8. The molecule has 2 rings (SSSR count). The molecule has 0 spiro atoms. The lowest BCUT2D eigenvalue weighted by Crippen LogP contribution is -2.20. The van der Waals surface area contributed by atoms with Crippen LogP contribution in [0.25, 0.3) is 0 Å². The molecule has 0 bridgehead atoms. The maximum Gasteiger partial charge on any atom is 0.0597 e. The van der Waals surface area contributed by atoms with E-state index < -0.39 is 0 Å². The van der Waals surface area contributed by atoms with Gasteiger partial charge in [0, 0.05) is 25.8 Å². The number of rotatable bonds is 4. The second kappa shape index (κ2) is 5.10. The van der Waals surface area contributed by atoms with E-state index in [1.54, 1.807) is 0 Å². The molecule has 0 saturated carbocycles. The average molecular weight is 230 g/mol. The summed E-state index contributed by atoms with van der Waals surface area (Å²) in [5.74, 6) is 0. The van der Waals surface area contributed by atoms with Crippen LogP contribution >= 0.6 is 0 Å². The van der Waals surface area contributed by atoms with Crippen molar-refractivity contribution in [1.82, 2.24) is 20.1 Å². The molecule has 2 heterocycles. The van der Waals surface area contributed by atoms with E-state index in [4.69, 9.17) is 0 Å². The third-order valence-electron chi connectivity index (χ3n) is 2.82. The molecular weight excluding hydrogens is 212 g/mol. The van der Waals surface area contributed by atoms with Crippen molar-refractivity contribution in [2.24, 2.45) is 7.05 Å². The lowest BCUT2D eigenvalue weighted by atomic mass is 10.2. The summed E-state index contributed by atoms with van der Waals surface area (Å²) in [6, 6.07) is 8.31. The van der Waals surface area contributed by atoms with Gasteiger partial charge in [-0.25, -0.2) is 0 Å². The first-order valence-electron chi connectivity index (χ1n) is 5.80. The fourth-order valence-corrected chi connectivity index (χ4v) is 1.82. The Morgan fingerprint density at radius 2 is 2.24 bits per heavy atom. The van der Waals surface area contributed by atoms with Crippen LogP contribution in [0.2, 0.25) is 0 Å². The minimum absolute atomic E-state index is 0.242. The lowest BCUT2D eigenvalue weighted by Gasteiger charge is -2.12. The third kappa shape index (κ3) is 2.91. The smallest absolute Gasteiger partial charge is 0.0597 e. The standard InChI is InChI=1S/C13H18N4/c1-10-8-12(17(3)16-10)9-15-11(2)13-6-4-5-7-14-13/h4-8,11,15H,9H2,1-3H3. The van der Waals surface area contributed by atoms with Crippen molar-refractivity contribution >= 4 is 0 Å². The van der Waals surface area contributed by atoms with Crippen LogP contribution in [-0.2, 0) is 13.6 Å². The van der Waals surface area contributed by atoms with Crippen LogP contribution in [0.5, 0.6) is 0 Å². The van der Waals surface area contributed by atoms with Gasteiger partial charge >= 0.3 is 0 Å². The summed E-state index contributed by atoms with van der Waals surface area (Å²) in [6.45, 7) is 4.92. The molecule has 1 N–H and O–H groups in total. The van der Waals surface area contributed by atoms with E-state index in [0.29, 0.717) is 0 Å². The SMILES string of the molecule is Cc1cc(CNC(C)c2ccccn2)n(C)n1. The molecule has 17 heavy (non-hydrogen) atoms. The van der Waals surface area contributed by atoms with E-state index in [1.165, 1.54) is 5.69 Å². The van der Waals surface area contributed by atoms with Crippen molar-refractivity contribution in [1.29, 1.82) is 0 Å². The second-order valence-corrected chi connectivity index (χ2v) is 4.26. The van der Waals surface area contributed by atoms with Gasteiger partial charge < -0.3 is 5.32 Å². The lowest BCUT2D eigenvalue weighted by molar-refractivity contribution is 0.538. The number of nitrogens with zero attached hydrogens (tertiary/aromatic N) is 3. The molecule has 0 saturated heterocycles. The van der Waals surface area contributed by atoms with Crippen LogP contribution in [0.15, 0.2) is 30.5 Å². The normalized spacial score (nSPS) is 12.6. The average Bonchev–Trinajstić information content (AvgIpc) is 2.66. The highest BCUT2D eigenvalue weighted by atomic mass is 15.3. The summed E-state index contributed by atoms with van der Waals surface area (Å²) < 4.78 is 1.91. The van der Waals surface area contributed by atoms with Crippen LogP contribution in [0.4, 0.5) is 0 Å². The van der Waals surface area contributed by atoms with E-state index in [0.717, 1.165) is 17.9 Å². The van der Waals surface area contributed by atoms with Gasteiger partial charge in [0.15, 0.2) is 0 Å². The Bertz CT molecular complexity index is 475. The molecule has 0 aliphatic heterocycles. The molecule has 0 radical (unpaired) electrons. The number of aromatic nitrogens is 3. The predicted molar refractivity (Wildman–Crippen MR) is 67.4 cm³/mol. The Kier molecular flexibility index (Phi) is 3.54. The van der Waals surface area contributed by atoms with Crippen molar-refractivity contribution in [2.75, 3.05) is 0 Å². The molecule has 1 unspecified atom stereocenters. The van der Waals surface area contributed by atoms with Gasteiger partial charge in [-0.3, -0.25) is 9.67 Å². The van der Waals surface area contributed by atoms with Gasteiger partial charge in [0.25, 0.3) is 0 Å². The Morgan fingerprint density at radius 1 is 1.41 bits per heavy atom. The van der Waals surface area contributed by atoms with E-state index >= 15 is 0 Å². The first-order chi connectivity index (χ1) is 8.16. The van der Waals surface area contributed by atoms with Crippen molar-refractivity contribution in [3.8, 4) is 0 Å². The van der Waals surface area contributed by atoms with Gasteiger partial charge in [-0.2, -0.15) is 5.10 Å². The maximum atomic E-state index is 4.33. The molecule has 2 aromatic heterocycles. The summed E-state index contributed by atoms with van der Waals surface area (Å²) in [7, 11) is 1.97. The van der Waals surface area contributed by atoms with Gasteiger partial charge in [0.1, 0.15) is 0 Å². The Hall–Kier alpha value is -1.68. The molecule has 0 aliphatic carbocycles. The highest BCUT2D eigenvalue weighted by molar-refractivity contribution is 5.10. The van der Waals surface area contributed by atoms with Crippen molar-refractivity contribution in [3.05, 3.63) is 47.5 Å². The predicted octanol–water partition coefficient (Wildman–Crippen LogP) is 1.97. The summed E-state index contributed by atoms with van der Waals surface area (Å²) >= 11 is 0. The van der Waals surface area contributed by atoms with Gasteiger partial charge in [0.2, 0.25) is 0 Å². The zero-order chi connectivity index (χ0) is 12.3. The van der Waals surface area contributed by atoms with Crippen LogP contribution in [0.1, 0.15) is 30.0 Å². The summed E-state index contributed by atoms with van der Waals surface area (Å²) in [5.41, 5.74) is 3.30. The molecule has 4 heteroatoms. The van der Waals surface area contributed by atoms with Crippen LogP contribution in [0.3, 0.4) is 0 Å². The van der Waals surface area contributed by atoms with Crippen LogP contribution in [-0.4, -0.2) is 14.8 Å². The molecule has 0 amide bonds. The van der Waals surface area contributed by atoms with E-state index in [2.05, 4.69) is 28.4 Å². The van der Waals surface area contributed by atoms with E-state index in [9.17, 15) is 0 Å². The quantitative estimate of drug-likeness (QED) is 0.873. The maximum absolute atomic E-state index is 4.33. The minimum Gasteiger partial charge on any atom is -0.303 e. The molecule has 90 valence electrons. The Morgan fingerprint density at radius 3 is 2.82 bits per heavy atom. The monoisotopic (exact) mass is 230 g/mol. The molecule has 1 atom stereocenters. The number of hydrogen-bond acceptors (Lipinski definition) is 3. The van der Waals surface area contributed by atoms with Gasteiger partial charge in [-0.05, 0) is 32.0 Å². The zero-order valence-electron chi connectivity index (χ0n) is 10.5. The second-order valence-electron chi connectivity index (χ2n) is 4.26. The highest BCUT2D eigenvalue weighted by Gasteiger charge is 2.07. The number of nitrogens with one attached hydrogen (secondary N) is 1. The fraction of sp³-hybridized carbons (Fsp3) is 0.385. The van der Waals surface area contributed by atoms with Gasteiger partial charge in [-0.1, -0.05) is 6.07 Å². The molecule has 4 nitrogen and oxygen atoms in total. The third-order valence-corrected chi connectivity index (χ3v) is 2.82.